The number of carbonyl (C=O) groups excluding carboxylic acids is 3. The van der Waals surface area contributed by atoms with E-state index in [0.29, 0.717) is 19.3 Å². The summed E-state index contributed by atoms with van der Waals surface area (Å²) >= 11 is 0. The summed E-state index contributed by atoms with van der Waals surface area (Å²) in [6.45, 7) is 7.83. The average Bonchev–Trinajstić information content (AvgIpc) is 2.65. The molecule has 0 spiro atoms. The molecule has 0 aromatic carbocycles. The molecule has 1 heterocycles. The molecule has 0 unspecified atom stereocenters. The summed E-state index contributed by atoms with van der Waals surface area (Å²) < 4.78 is 11.1. The molecule has 1 saturated heterocycles. The lowest BCUT2D eigenvalue weighted by atomic mass is 9.86. The van der Waals surface area contributed by atoms with Crippen LogP contribution in [0.3, 0.4) is 0 Å². The molecule has 0 aliphatic carbocycles. The Morgan fingerprint density at radius 1 is 1.29 bits per heavy atom. The number of hydrogen-bond acceptors (Lipinski definition) is 5. The molecule has 160 valence electrons. The molecular formula is C22H37NO5. The summed E-state index contributed by atoms with van der Waals surface area (Å²) in [6, 6.07) is -0.671. The van der Waals surface area contributed by atoms with Crippen molar-refractivity contribution >= 4 is 18.3 Å². The Morgan fingerprint density at radius 3 is 2.61 bits per heavy atom. The van der Waals surface area contributed by atoms with Crippen LogP contribution in [0.15, 0.2) is 12.2 Å². The molecule has 28 heavy (non-hydrogen) atoms. The standard InChI is InChI=1S/C22H37NO5/c1-5-7-9-11-13-18-19(28-21(18)25)14-17(12-10-8-6-2)27-22(26)20(16(3)4)23-15-24/h6,8,15-20H,5,7,9-14H2,1-4H3,(H,23,24)/t17-,18+,19+,20+/m1/s1. The van der Waals surface area contributed by atoms with Gasteiger partial charge in [-0.1, -0.05) is 58.6 Å². The van der Waals surface area contributed by atoms with E-state index in [0.717, 1.165) is 32.1 Å². The van der Waals surface area contributed by atoms with Crippen molar-refractivity contribution in [3.8, 4) is 0 Å². The lowest BCUT2D eigenvalue weighted by Gasteiger charge is -2.37. The fourth-order valence-corrected chi connectivity index (χ4v) is 3.48. The van der Waals surface area contributed by atoms with Gasteiger partial charge in [-0.3, -0.25) is 9.59 Å². The average molecular weight is 396 g/mol. The molecule has 1 fully saturated rings. The first-order valence-corrected chi connectivity index (χ1v) is 10.7. The van der Waals surface area contributed by atoms with Crippen LogP contribution in [0.5, 0.6) is 0 Å². The minimum Gasteiger partial charge on any atom is -0.461 e. The SMILES string of the molecule is CC=CCC[C@H](C[C@@H]1OC(=O)[C@H]1CCCCCC)OC(=O)[C@@H](NC=O)C(C)C. The quantitative estimate of drug-likeness (QED) is 0.197. The summed E-state index contributed by atoms with van der Waals surface area (Å²) in [5.74, 6) is -0.726. The maximum absolute atomic E-state index is 12.5. The van der Waals surface area contributed by atoms with E-state index in [-0.39, 0.29) is 30.0 Å². The van der Waals surface area contributed by atoms with E-state index in [1.54, 1.807) is 0 Å². The number of nitrogens with one attached hydrogen (secondary N) is 1. The molecule has 1 aliphatic rings. The zero-order valence-electron chi connectivity index (χ0n) is 17.8. The predicted molar refractivity (Wildman–Crippen MR) is 108 cm³/mol. The van der Waals surface area contributed by atoms with Crippen LogP contribution >= 0.6 is 0 Å². The van der Waals surface area contributed by atoms with Crippen molar-refractivity contribution in [1.29, 1.82) is 0 Å². The van der Waals surface area contributed by atoms with Crippen LogP contribution in [-0.4, -0.2) is 36.6 Å². The van der Waals surface area contributed by atoms with Gasteiger partial charge in [0.1, 0.15) is 18.2 Å². The second-order valence-electron chi connectivity index (χ2n) is 7.88. The molecule has 1 amide bonds. The molecule has 0 radical (unpaired) electrons. The molecule has 4 atom stereocenters. The maximum Gasteiger partial charge on any atom is 0.329 e. The Bertz CT molecular complexity index is 517. The van der Waals surface area contributed by atoms with Crippen LogP contribution in [0.25, 0.3) is 0 Å². The minimum absolute atomic E-state index is 0.0678. The van der Waals surface area contributed by atoms with Crippen molar-refractivity contribution in [2.45, 2.75) is 97.3 Å². The van der Waals surface area contributed by atoms with Crippen LogP contribution in [0, 0.1) is 11.8 Å². The lowest BCUT2D eigenvalue weighted by molar-refractivity contribution is -0.190. The minimum atomic E-state index is -0.671. The highest BCUT2D eigenvalue weighted by molar-refractivity contribution is 5.79. The zero-order chi connectivity index (χ0) is 20.9. The molecule has 1 aliphatic heterocycles. The van der Waals surface area contributed by atoms with Gasteiger partial charge in [0.2, 0.25) is 6.41 Å². The van der Waals surface area contributed by atoms with E-state index in [1.807, 2.05) is 32.9 Å². The van der Waals surface area contributed by atoms with Crippen molar-refractivity contribution in [3.05, 3.63) is 12.2 Å². The van der Waals surface area contributed by atoms with Gasteiger partial charge in [-0.2, -0.15) is 0 Å². The smallest absolute Gasteiger partial charge is 0.329 e. The number of carbonyl (C=O) groups is 3. The molecule has 0 saturated carbocycles. The topological polar surface area (TPSA) is 81.7 Å². The van der Waals surface area contributed by atoms with Crippen molar-refractivity contribution in [3.63, 3.8) is 0 Å². The van der Waals surface area contributed by atoms with Crippen molar-refractivity contribution in [2.75, 3.05) is 0 Å². The Morgan fingerprint density at radius 2 is 2.04 bits per heavy atom. The van der Waals surface area contributed by atoms with Gasteiger partial charge in [-0.05, 0) is 32.1 Å². The molecule has 1 rings (SSSR count). The van der Waals surface area contributed by atoms with Gasteiger partial charge in [0.05, 0.1) is 5.92 Å². The normalized spacial score (nSPS) is 21.1. The van der Waals surface area contributed by atoms with Gasteiger partial charge >= 0.3 is 11.9 Å². The number of ether oxygens (including phenoxy) is 2. The van der Waals surface area contributed by atoms with Gasteiger partial charge < -0.3 is 14.8 Å². The first-order valence-electron chi connectivity index (χ1n) is 10.7. The highest BCUT2D eigenvalue weighted by Gasteiger charge is 2.43. The first-order chi connectivity index (χ1) is 13.4. The van der Waals surface area contributed by atoms with Gasteiger partial charge in [0.25, 0.3) is 0 Å². The molecular weight excluding hydrogens is 358 g/mol. The molecule has 0 bridgehead atoms. The summed E-state index contributed by atoms with van der Waals surface area (Å²) in [7, 11) is 0. The second-order valence-corrected chi connectivity index (χ2v) is 7.88. The Labute approximate surface area is 169 Å². The number of unbranched alkanes of at least 4 members (excludes halogenated alkanes) is 3. The Balaban J connectivity index is 2.66. The number of amides is 1. The third-order valence-electron chi connectivity index (χ3n) is 5.22. The Hall–Kier alpha value is -1.85. The molecule has 0 aromatic heterocycles. The largest absolute Gasteiger partial charge is 0.461 e. The van der Waals surface area contributed by atoms with Gasteiger partial charge in [-0.15, -0.1) is 0 Å². The first kappa shape index (κ1) is 24.2. The van der Waals surface area contributed by atoms with Crippen LogP contribution < -0.4 is 5.32 Å². The van der Waals surface area contributed by atoms with E-state index >= 15 is 0 Å². The predicted octanol–water partition coefficient (Wildman–Crippen LogP) is 3.93. The van der Waals surface area contributed by atoms with E-state index < -0.39 is 12.0 Å². The number of allylic oxidation sites excluding steroid dienone is 2. The summed E-state index contributed by atoms with van der Waals surface area (Å²) in [4.78, 5) is 35.2. The third-order valence-corrected chi connectivity index (χ3v) is 5.22. The number of rotatable bonds is 15. The van der Waals surface area contributed by atoms with Crippen LogP contribution in [0.4, 0.5) is 0 Å². The van der Waals surface area contributed by atoms with Gasteiger partial charge in [0.15, 0.2) is 0 Å². The number of esters is 2. The summed E-state index contributed by atoms with van der Waals surface area (Å²) in [6.07, 6.45) is 11.3. The maximum atomic E-state index is 12.5. The molecule has 1 N–H and O–H groups in total. The fourth-order valence-electron chi connectivity index (χ4n) is 3.48. The van der Waals surface area contributed by atoms with E-state index in [1.165, 1.54) is 6.42 Å². The van der Waals surface area contributed by atoms with Gasteiger partial charge in [-0.25, -0.2) is 4.79 Å². The third kappa shape index (κ3) is 8.03. The lowest BCUT2D eigenvalue weighted by Crippen LogP contribution is -2.48. The Kier molecular flexibility index (Phi) is 11.5. The van der Waals surface area contributed by atoms with Crippen LogP contribution in [0.2, 0.25) is 0 Å². The van der Waals surface area contributed by atoms with E-state index in [4.69, 9.17) is 9.47 Å². The van der Waals surface area contributed by atoms with E-state index in [9.17, 15) is 14.4 Å². The molecule has 6 heteroatoms. The van der Waals surface area contributed by atoms with Gasteiger partial charge in [0, 0.05) is 6.42 Å². The summed E-state index contributed by atoms with van der Waals surface area (Å²) in [5.41, 5.74) is 0. The fraction of sp³-hybridized carbons (Fsp3) is 0.773. The number of cyclic esters (lactones) is 1. The monoisotopic (exact) mass is 395 g/mol. The zero-order valence-corrected chi connectivity index (χ0v) is 17.8. The number of hydrogen-bond donors (Lipinski definition) is 1. The van der Waals surface area contributed by atoms with Crippen LogP contribution in [-0.2, 0) is 23.9 Å². The highest BCUT2D eigenvalue weighted by atomic mass is 16.6. The van der Waals surface area contributed by atoms with Crippen molar-refractivity contribution < 1.29 is 23.9 Å². The van der Waals surface area contributed by atoms with Crippen molar-refractivity contribution in [2.24, 2.45) is 11.8 Å². The second kappa shape index (κ2) is 13.3. The molecule has 0 aromatic rings. The highest BCUT2D eigenvalue weighted by Crippen LogP contribution is 2.32. The van der Waals surface area contributed by atoms with Crippen molar-refractivity contribution in [1.82, 2.24) is 5.32 Å². The summed E-state index contributed by atoms with van der Waals surface area (Å²) in [5, 5.41) is 2.54. The van der Waals surface area contributed by atoms with Crippen LogP contribution in [0.1, 0.15) is 79.1 Å². The molecule has 6 nitrogen and oxygen atoms in total. The van der Waals surface area contributed by atoms with E-state index in [2.05, 4.69) is 12.2 Å².